The van der Waals surface area contributed by atoms with E-state index in [9.17, 15) is 14.7 Å². The lowest BCUT2D eigenvalue weighted by Crippen LogP contribution is -2.22. The summed E-state index contributed by atoms with van der Waals surface area (Å²) in [4.78, 5) is 22.5. The normalized spacial score (nSPS) is 14.6. The number of amides is 1. The molecule has 0 aliphatic carbocycles. The molecule has 0 atom stereocenters. The Kier molecular flexibility index (Phi) is 5.37. The van der Waals surface area contributed by atoms with E-state index in [-0.39, 0.29) is 23.2 Å². The summed E-state index contributed by atoms with van der Waals surface area (Å²) in [6, 6.07) is 11.5. The molecule has 8 heteroatoms. The van der Waals surface area contributed by atoms with Crippen molar-refractivity contribution < 1.29 is 24.2 Å². The number of carboxylic acids is 1. The summed E-state index contributed by atoms with van der Waals surface area (Å²) in [6.07, 6.45) is 1.65. The Morgan fingerprint density at radius 2 is 1.89 bits per heavy atom. The second-order valence-electron chi connectivity index (χ2n) is 5.65. The smallest absolute Gasteiger partial charge is 0.273 e. The first-order chi connectivity index (χ1) is 13.0. The molecule has 1 heterocycles. The highest BCUT2D eigenvalue weighted by atomic mass is 32.1. The molecule has 0 spiro atoms. The van der Waals surface area contributed by atoms with Gasteiger partial charge in [0.05, 0.1) is 13.1 Å². The van der Waals surface area contributed by atoms with E-state index in [0.717, 1.165) is 11.1 Å². The number of nitrogens with one attached hydrogen (secondary N) is 2. The van der Waals surface area contributed by atoms with E-state index in [2.05, 4.69) is 10.6 Å². The van der Waals surface area contributed by atoms with Crippen LogP contribution in [-0.2, 0) is 11.4 Å². The second-order valence-corrected chi connectivity index (χ2v) is 6.06. The van der Waals surface area contributed by atoms with Gasteiger partial charge in [0, 0.05) is 0 Å². The van der Waals surface area contributed by atoms with E-state index < -0.39 is 5.97 Å². The molecular formula is C19H15N2O5S-. The predicted octanol–water partition coefficient (Wildman–Crippen LogP) is 0.983. The fraction of sp³-hybridized carbons (Fsp3) is 0.105. The maximum Gasteiger partial charge on any atom is 0.273 e. The average Bonchev–Trinajstić information content (AvgIpc) is 2.97. The van der Waals surface area contributed by atoms with E-state index in [0.29, 0.717) is 17.2 Å². The zero-order valence-corrected chi connectivity index (χ0v) is 15.1. The summed E-state index contributed by atoms with van der Waals surface area (Å²) in [7, 11) is 1.52. The third-order valence-electron chi connectivity index (χ3n) is 3.80. The van der Waals surface area contributed by atoms with Gasteiger partial charge < -0.3 is 24.7 Å². The highest BCUT2D eigenvalue weighted by molar-refractivity contribution is 7.80. The second kappa shape index (κ2) is 7.88. The van der Waals surface area contributed by atoms with Crippen LogP contribution in [0.5, 0.6) is 11.5 Å². The van der Waals surface area contributed by atoms with Crippen molar-refractivity contribution in [3.8, 4) is 11.5 Å². The standard InChI is InChI=1S/C19H16N2O5S/c1-25-16-9-12(8-14-17(22)21-19(27)20-14)4-7-15(16)26-10-11-2-5-13(6-3-11)18(23)24/h2-9H,10H2,1H3,(H,23,24)(H2,20,21,22,27)/p-1/b14-8+. The lowest BCUT2D eigenvalue weighted by molar-refractivity contribution is -0.255. The highest BCUT2D eigenvalue weighted by Crippen LogP contribution is 2.29. The van der Waals surface area contributed by atoms with Gasteiger partial charge in [-0.3, -0.25) is 10.1 Å². The molecule has 0 unspecified atom stereocenters. The number of thiocarbonyl (C=S) groups is 1. The largest absolute Gasteiger partial charge is 0.545 e. The molecule has 7 nitrogen and oxygen atoms in total. The van der Waals surface area contributed by atoms with Crippen LogP contribution in [0.1, 0.15) is 21.5 Å². The maximum absolute atomic E-state index is 11.7. The zero-order valence-electron chi connectivity index (χ0n) is 14.3. The van der Waals surface area contributed by atoms with Crippen LogP contribution in [-0.4, -0.2) is 24.1 Å². The summed E-state index contributed by atoms with van der Waals surface area (Å²) >= 11 is 4.90. The van der Waals surface area contributed by atoms with Gasteiger partial charge in [-0.2, -0.15) is 0 Å². The minimum Gasteiger partial charge on any atom is -0.545 e. The van der Waals surface area contributed by atoms with Crippen molar-refractivity contribution in [1.29, 1.82) is 0 Å². The number of hydrogen-bond acceptors (Lipinski definition) is 6. The van der Waals surface area contributed by atoms with Crippen molar-refractivity contribution >= 4 is 35.3 Å². The highest BCUT2D eigenvalue weighted by Gasteiger charge is 2.20. The van der Waals surface area contributed by atoms with Crippen molar-refractivity contribution in [2.75, 3.05) is 7.11 Å². The van der Waals surface area contributed by atoms with Crippen molar-refractivity contribution in [2.24, 2.45) is 0 Å². The number of hydrogen-bond donors (Lipinski definition) is 2. The summed E-state index contributed by atoms with van der Waals surface area (Å²) in [5.41, 5.74) is 2.00. The number of carbonyl (C=O) groups excluding carboxylic acids is 2. The van der Waals surface area contributed by atoms with Gasteiger partial charge in [-0.25, -0.2) is 0 Å². The van der Waals surface area contributed by atoms with Crippen LogP contribution >= 0.6 is 12.2 Å². The van der Waals surface area contributed by atoms with Gasteiger partial charge in [-0.15, -0.1) is 0 Å². The number of ether oxygens (including phenoxy) is 2. The van der Waals surface area contributed by atoms with Crippen molar-refractivity contribution in [3.63, 3.8) is 0 Å². The first-order valence-electron chi connectivity index (χ1n) is 7.91. The lowest BCUT2D eigenvalue weighted by atomic mass is 10.1. The third-order valence-corrected chi connectivity index (χ3v) is 4.01. The van der Waals surface area contributed by atoms with Crippen LogP contribution in [0.4, 0.5) is 0 Å². The Hall–Kier alpha value is -3.39. The van der Waals surface area contributed by atoms with Crippen molar-refractivity contribution in [3.05, 3.63) is 64.9 Å². The summed E-state index contributed by atoms with van der Waals surface area (Å²) < 4.78 is 11.1. The van der Waals surface area contributed by atoms with Crippen LogP contribution in [0.15, 0.2) is 48.2 Å². The molecule has 0 saturated carbocycles. The quantitative estimate of drug-likeness (QED) is 0.567. The number of aromatic carboxylic acids is 1. The molecule has 1 fully saturated rings. The van der Waals surface area contributed by atoms with Gasteiger partial charge in [-0.1, -0.05) is 30.3 Å². The fourth-order valence-corrected chi connectivity index (χ4v) is 2.64. The number of rotatable bonds is 6. The molecule has 1 amide bonds. The molecule has 2 N–H and O–H groups in total. The molecule has 3 rings (SSSR count). The molecule has 0 aromatic heterocycles. The minimum absolute atomic E-state index is 0.109. The Bertz CT molecular complexity index is 938. The van der Waals surface area contributed by atoms with Gasteiger partial charge in [-0.05, 0) is 47.1 Å². The molecule has 1 saturated heterocycles. The number of carboxylic acid groups (broad SMARTS) is 1. The molecule has 2 aromatic rings. The summed E-state index contributed by atoms with van der Waals surface area (Å²) in [6.45, 7) is 0.238. The van der Waals surface area contributed by atoms with Gasteiger partial charge >= 0.3 is 0 Å². The monoisotopic (exact) mass is 383 g/mol. The predicted molar refractivity (Wildman–Crippen MR) is 100.0 cm³/mol. The Labute approximate surface area is 160 Å². The lowest BCUT2D eigenvalue weighted by Gasteiger charge is -2.12. The van der Waals surface area contributed by atoms with E-state index in [1.54, 1.807) is 36.4 Å². The summed E-state index contributed by atoms with van der Waals surface area (Å²) in [5, 5.41) is 16.3. The van der Waals surface area contributed by atoms with Crippen LogP contribution < -0.4 is 25.2 Å². The van der Waals surface area contributed by atoms with Gasteiger partial charge in [0.2, 0.25) is 0 Å². The van der Waals surface area contributed by atoms with Crippen LogP contribution in [0.2, 0.25) is 0 Å². The van der Waals surface area contributed by atoms with Gasteiger partial charge in [0.25, 0.3) is 5.91 Å². The molecule has 0 radical (unpaired) electrons. The number of benzene rings is 2. The zero-order chi connectivity index (χ0) is 19.4. The number of methoxy groups -OCH3 is 1. The molecule has 138 valence electrons. The Morgan fingerprint density at radius 1 is 1.15 bits per heavy atom. The fourth-order valence-electron chi connectivity index (χ4n) is 2.44. The van der Waals surface area contributed by atoms with Crippen molar-refractivity contribution in [1.82, 2.24) is 10.6 Å². The Balaban J connectivity index is 1.73. The van der Waals surface area contributed by atoms with Gasteiger partial charge in [0.15, 0.2) is 16.6 Å². The SMILES string of the molecule is COc1cc(/C=C2/NC(=S)NC2=O)ccc1OCc1ccc(C(=O)[O-])cc1. The van der Waals surface area contributed by atoms with E-state index in [4.69, 9.17) is 21.7 Å². The maximum atomic E-state index is 11.7. The average molecular weight is 383 g/mol. The number of carbonyl (C=O) groups is 2. The third kappa shape index (κ3) is 4.42. The summed E-state index contributed by atoms with van der Waals surface area (Å²) in [5.74, 6) is -0.501. The molecule has 0 bridgehead atoms. The Morgan fingerprint density at radius 3 is 2.48 bits per heavy atom. The van der Waals surface area contributed by atoms with E-state index >= 15 is 0 Å². The van der Waals surface area contributed by atoms with Crippen molar-refractivity contribution in [2.45, 2.75) is 6.61 Å². The minimum atomic E-state index is -1.22. The molecule has 2 aromatic carbocycles. The van der Waals surface area contributed by atoms with E-state index in [1.165, 1.54) is 19.2 Å². The van der Waals surface area contributed by atoms with E-state index in [1.807, 2.05) is 0 Å². The topological polar surface area (TPSA) is 99.7 Å². The first kappa shape index (κ1) is 18.4. The van der Waals surface area contributed by atoms with Crippen LogP contribution in [0.25, 0.3) is 6.08 Å². The van der Waals surface area contributed by atoms with Crippen LogP contribution in [0.3, 0.4) is 0 Å². The molecule has 27 heavy (non-hydrogen) atoms. The molecule has 1 aliphatic heterocycles. The van der Waals surface area contributed by atoms with Gasteiger partial charge in [0.1, 0.15) is 12.3 Å². The van der Waals surface area contributed by atoms with Crippen LogP contribution in [0, 0.1) is 0 Å². The molecular weight excluding hydrogens is 368 g/mol. The first-order valence-corrected chi connectivity index (χ1v) is 8.32. The molecule has 1 aliphatic rings.